The van der Waals surface area contributed by atoms with Gasteiger partial charge in [-0.2, -0.15) is 0 Å². The van der Waals surface area contributed by atoms with Gasteiger partial charge in [0.25, 0.3) is 0 Å². The van der Waals surface area contributed by atoms with Gasteiger partial charge in [0.15, 0.2) is 0 Å². The van der Waals surface area contributed by atoms with Crippen molar-refractivity contribution in [3.63, 3.8) is 0 Å². The Kier molecular flexibility index (Phi) is 8.26. The minimum absolute atomic E-state index is 0. The van der Waals surface area contributed by atoms with Crippen LogP contribution in [0.15, 0.2) is 24.3 Å². The molecule has 0 unspecified atom stereocenters. The average molecular weight is 337 g/mol. The number of likely N-dealkylation sites (N-methyl/N-ethyl adjacent to an activating group) is 2. The SMILES string of the molecule is CNC(=O)[C@@H](Cc1ccc(OC)cc1)NC(=O)[C@H](CC(C)C)NC.[HH]. The molecule has 0 spiro atoms. The topological polar surface area (TPSA) is 79.5 Å². The monoisotopic (exact) mass is 337 g/mol. The summed E-state index contributed by atoms with van der Waals surface area (Å²) in [6, 6.07) is 6.54. The number of carbonyl (C=O) groups is 2. The fraction of sp³-hybridized carbons (Fsp3) is 0.556. The van der Waals surface area contributed by atoms with Crippen molar-refractivity contribution in [3.8, 4) is 5.75 Å². The van der Waals surface area contributed by atoms with Gasteiger partial charge in [-0.25, -0.2) is 0 Å². The maximum atomic E-state index is 12.5. The van der Waals surface area contributed by atoms with Crippen LogP contribution < -0.4 is 20.7 Å². The van der Waals surface area contributed by atoms with Gasteiger partial charge >= 0.3 is 0 Å². The third-order valence-electron chi connectivity index (χ3n) is 3.85. The van der Waals surface area contributed by atoms with Crippen molar-refractivity contribution in [3.05, 3.63) is 29.8 Å². The van der Waals surface area contributed by atoms with Crippen LogP contribution >= 0.6 is 0 Å². The molecule has 1 aromatic carbocycles. The van der Waals surface area contributed by atoms with Crippen LogP contribution in [-0.4, -0.2) is 45.1 Å². The number of ether oxygens (including phenoxy) is 1. The second-order valence-electron chi connectivity index (χ2n) is 6.20. The largest absolute Gasteiger partial charge is 0.497 e. The summed E-state index contributed by atoms with van der Waals surface area (Å²) in [5.41, 5.74) is 0.953. The highest BCUT2D eigenvalue weighted by molar-refractivity contribution is 5.89. The molecule has 136 valence electrons. The molecule has 0 bridgehead atoms. The van der Waals surface area contributed by atoms with Crippen LogP contribution in [0.1, 0.15) is 27.3 Å². The Bertz CT molecular complexity index is 535. The number of benzene rings is 1. The summed E-state index contributed by atoms with van der Waals surface area (Å²) in [5, 5.41) is 8.48. The summed E-state index contributed by atoms with van der Waals surface area (Å²) < 4.78 is 5.13. The number of hydrogen-bond acceptors (Lipinski definition) is 4. The summed E-state index contributed by atoms with van der Waals surface area (Å²) in [7, 11) is 4.93. The molecular weight excluding hydrogens is 306 g/mol. The summed E-state index contributed by atoms with van der Waals surface area (Å²) >= 11 is 0. The normalized spacial score (nSPS) is 13.2. The van der Waals surface area contributed by atoms with Crippen molar-refractivity contribution < 1.29 is 15.8 Å². The van der Waals surface area contributed by atoms with E-state index in [4.69, 9.17) is 4.74 Å². The minimum atomic E-state index is -0.612. The van der Waals surface area contributed by atoms with E-state index in [9.17, 15) is 9.59 Å². The van der Waals surface area contributed by atoms with Crippen molar-refractivity contribution in [2.75, 3.05) is 21.2 Å². The number of amides is 2. The predicted molar refractivity (Wildman–Crippen MR) is 97.1 cm³/mol. The summed E-state index contributed by atoms with van der Waals surface area (Å²) in [6.07, 6.45) is 1.14. The molecule has 0 aromatic heterocycles. The molecule has 0 saturated heterocycles. The van der Waals surface area contributed by atoms with E-state index in [1.807, 2.05) is 24.3 Å². The Balaban J connectivity index is 0.00000576. The van der Waals surface area contributed by atoms with Gasteiger partial charge in [0.1, 0.15) is 11.8 Å². The molecule has 0 heterocycles. The lowest BCUT2D eigenvalue weighted by Gasteiger charge is -2.22. The van der Waals surface area contributed by atoms with E-state index < -0.39 is 6.04 Å². The highest BCUT2D eigenvalue weighted by Crippen LogP contribution is 2.13. The molecule has 6 heteroatoms. The molecular formula is C18H31N3O3. The van der Waals surface area contributed by atoms with Crippen LogP contribution in [0.3, 0.4) is 0 Å². The van der Waals surface area contributed by atoms with Crippen molar-refractivity contribution in [2.45, 2.75) is 38.8 Å². The van der Waals surface area contributed by atoms with E-state index in [2.05, 4.69) is 29.8 Å². The second kappa shape index (κ2) is 9.93. The van der Waals surface area contributed by atoms with Crippen molar-refractivity contribution in [1.82, 2.24) is 16.0 Å². The zero-order valence-electron chi connectivity index (χ0n) is 15.2. The Morgan fingerprint density at radius 2 is 1.71 bits per heavy atom. The van der Waals surface area contributed by atoms with Gasteiger partial charge < -0.3 is 20.7 Å². The van der Waals surface area contributed by atoms with Gasteiger partial charge in [-0.1, -0.05) is 26.0 Å². The Morgan fingerprint density at radius 1 is 1.08 bits per heavy atom. The van der Waals surface area contributed by atoms with Crippen LogP contribution in [0.4, 0.5) is 0 Å². The Hall–Kier alpha value is -2.08. The molecule has 1 aromatic rings. The fourth-order valence-corrected chi connectivity index (χ4v) is 2.48. The molecule has 1 rings (SSSR count). The zero-order chi connectivity index (χ0) is 18.1. The van der Waals surface area contributed by atoms with Crippen LogP contribution in [0, 0.1) is 5.92 Å². The molecule has 0 aliphatic carbocycles. The molecule has 2 amide bonds. The third kappa shape index (κ3) is 6.20. The summed E-state index contributed by atoms with van der Waals surface area (Å²) in [4.78, 5) is 24.6. The van der Waals surface area contributed by atoms with E-state index in [0.29, 0.717) is 18.8 Å². The third-order valence-corrected chi connectivity index (χ3v) is 3.85. The van der Waals surface area contributed by atoms with Crippen molar-refractivity contribution in [1.29, 1.82) is 0 Å². The van der Waals surface area contributed by atoms with Crippen molar-refractivity contribution >= 4 is 11.8 Å². The maximum Gasteiger partial charge on any atom is 0.242 e. The van der Waals surface area contributed by atoms with E-state index in [-0.39, 0.29) is 19.3 Å². The standard InChI is InChI=1S/C18H29N3O3.H2/c1-12(2)10-15(19-3)18(23)21-16(17(22)20-4)11-13-6-8-14(24-5)9-7-13;/h6-9,12,15-16,19H,10-11H2,1-5H3,(H,20,22)(H,21,23);1H/t15-,16+;/m0./s1. The van der Waals surface area contributed by atoms with Gasteiger partial charge in [0.2, 0.25) is 11.8 Å². The Morgan fingerprint density at radius 3 is 2.17 bits per heavy atom. The van der Waals surface area contributed by atoms with E-state index in [1.54, 1.807) is 21.2 Å². The fourth-order valence-electron chi connectivity index (χ4n) is 2.48. The van der Waals surface area contributed by atoms with Crippen molar-refractivity contribution in [2.24, 2.45) is 5.92 Å². The number of hydrogen-bond donors (Lipinski definition) is 3. The quantitative estimate of drug-likeness (QED) is 0.635. The zero-order valence-corrected chi connectivity index (χ0v) is 15.2. The van der Waals surface area contributed by atoms with Crippen LogP contribution in [-0.2, 0) is 16.0 Å². The molecule has 24 heavy (non-hydrogen) atoms. The lowest BCUT2D eigenvalue weighted by atomic mass is 10.0. The van der Waals surface area contributed by atoms with Gasteiger partial charge in [0.05, 0.1) is 13.2 Å². The van der Waals surface area contributed by atoms with E-state index in [0.717, 1.165) is 11.3 Å². The first-order valence-corrected chi connectivity index (χ1v) is 8.23. The first-order valence-electron chi connectivity index (χ1n) is 8.23. The first-order chi connectivity index (χ1) is 11.4. The van der Waals surface area contributed by atoms with Gasteiger partial charge in [0, 0.05) is 14.9 Å². The van der Waals surface area contributed by atoms with E-state index >= 15 is 0 Å². The molecule has 0 radical (unpaired) electrons. The summed E-state index contributed by atoms with van der Waals surface area (Å²) in [5.74, 6) is 0.770. The number of rotatable bonds is 9. The lowest BCUT2D eigenvalue weighted by molar-refractivity contribution is -0.129. The minimum Gasteiger partial charge on any atom is -0.497 e. The van der Waals surface area contributed by atoms with E-state index in [1.165, 1.54) is 0 Å². The van der Waals surface area contributed by atoms with Crippen LogP contribution in [0.5, 0.6) is 5.75 Å². The van der Waals surface area contributed by atoms with Crippen LogP contribution in [0.25, 0.3) is 0 Å². The molecule has 2 atom stereocenters. The summed E-state index contributed by atoms with van der Waals surface area (Å²) in [6.45, 7) is 4.12. The molecule has 0 aliphatic rings. The predicted octanol–water partition coefficient (Wildman–Crippen LogP) is 1.35. The average Bonchev–Trinajstić information content (AvgIpc) is 2.58. The first kappa shape index (κ1) is 20.0. The maximum absolute atomic E-state index is 12.5. The number of carbonyl (C=O) groups excluding carboxylic acids is 2. The molecule has 6 nitrogen and oxygen atoms in total. The molecule has 0 fully saturated rings. The van der Waals surface area contributed by atoms with Gasteiger partial charge in [-0.15, -0.1) is 0 Å². The Labute approximate surface area is 145 Å². The second-order valence-corrected chi connectivity index (χ2v) is 6.20. The highest BCUT2D eigenvalue weighted by atomic mass is 16.5. The lowest BCUT2D eigenvalue weighted by Crippen LogP contribution is -2.52. The van der Waals surface area contributed by atoms with Gasteiger partial charge in [-0.05, 0) is 37.1 Å². The molecule has 0 aliphatic heterocycles. The smallest absolute Gasteiger partial charge is 0.242 e. The number of methoxy groups -OCH3 is 1. The molecule has 3 N–H and O–H groups in total. The highest BCUT2D eigenvalue weighted by Gasteiger charge is 2.25. The van der Waals surface area contributed by atoms with Crippen LogP contribution in [0.2, 0.25) is 0 Å². The molecule has 0 saturated carbocycles. The number of nitrogens with one attached hydrogen (secondary N) is 3. The van der Waals surface area contributed by atoms with Gasteiger partial charge in [-0.3, -0.25) is 9.59 Å².